The summed E-state index contributed by atoms with van der Waals surface area (Å²) in [4.78, 5) is 4.82. The normalized spacial score (nSPS) is 11.2. The number of benzene rings is 1. The number of hydrogen-bond acceptors (Lipinski definition) is 4. The maximum atomic E-state index is 5.41. The third-order valence-corrected chi connectivity index (χ3v) is 5.09. The summed E-state index contributed by atoms with van der Waals surface area (Å²) in [6.45, 7) is 6.29. The Hall–Kier alpha value is -1.94. The summed E-state index contributed by atoms with van der Waals surface area (Å²) < 4.78 is 7.40. The number of para-hydroxylation sites is 1. The second-order valence-corrected chi connectivity index (χ2v) is 7.79. The molecule has 0 spiro atoms. The Morgan fingerprint density at radius 2 is 1.93 bits per heavy atom. The molecule has 6 nitrogen and oxygen atoms in total. The Kier molecular flexibility index (Phi) is 10.3. The van der Waals surface area contributed by atoms with Crippen molar-refractivity contribution in [2.75, 3.05) is 25.1 Å². The Morgan fingerprint density at radius 1 is 1.13 bits per heavy atom. The fourth-order valence-corrected chi connectivity index (χ4v) is 3.40. The van der Waals surface area contributed by atoms with Crippen molar-refractivity contribution in [1.29, 1.82) is 0 Å². The highest BCUT2D eigenvalue weighted by molar-refractivity contribution is 14.0. The van der Waals surface area contributed by atoms with Crippen LogP contribution < -0.4 is 10.6 Å². The molecule has 1 aromatic carbocycles. The molecule has 3 rings (SSSR count). The van der Waals surface area contributed by atoms with Gasteiger partial charge in [-0.1, -0.05) is 18.2 Å². The van der Waals surface area contributed by atoms with E-state index < -0.39 is 0 Å². The number of thioether (sulfide) groups is 1. The number of aryl methyl sites for hydroxylation is 2. The lowest BCUT2D eigenvalue weighted by Gasteiger charge is -2.13. The van der Waals surface area contributed by atoms with E-state index in [1.165, 1.54) is 0 Å². The van der Waals surface area contributed by atoms with E-state index in [-0.39, 0.29) is 24.0 Å². The summed E-state index contributed by atoms with van der Waals surface area (Å²) in [5.74, 6) is 2.81. The van der Waals surface area contributed by atoms with Crippen molar-refractivity contribution in [3.8, 4) is 5.69 Å². The molecule has 0 atom stereocenters. The van der Waals surface area contributed by atoms with Gasteiger partial charge in [0.05, 0.1) is 24.2 Å². The lowest BCUT2D eigenvalue weighted by molar-refractivity contribution is 0.507. The number of furan rings is 1. The SMILES string of the molecule is CSCCNC(=NCc1ccccc1-n1nc(C)cc1C)NCCc1ccco1.I. The van der Waals surface area contributed by atoms with Gasteiger partial charge >= 0.3 is 0 Å². The van der Waals surface area contributed by atoms with E-state index in [1.807, 2.05) is 47.6 Å². The molecule has 0 aliphatic carbocycles. The second kappa shape index (κ2) is 12.7. The highest BCUT2D eigenvalue weighted by atomic mass is 127. The van der Waals surface area contributed by atoms with Crippen LogP contribution in [0, 0.1) is 13.8 Å². The van der Waals surface area contributed by atoms with E-state index >= 15 is 0 Å². The van der Waals surface area contributed by atoms with E-state index in [9.17, 15) is 0 Å². The molecule has 0 saturated carbocycles. The van der Waals surface area contributed by atoms with E-state index in [2.05, 4.69) is 47.1 Å². The maximum absolute atomic E-state index is 5.41. The minimum atomic E-state index is 0. The predicted molar refractivity (Wildman–Crippen MR) is 136 cm³/mol. The first kappa shape index (κ1) is 24.3. The van der Waals surface area contributed by atoms with Gasteiger partial charge in [-0.2, -0.15) is 16.9 Å². The highest BCUT2D eigenvalue weighted by Gasteiger charge is 2.09. The summed E-state index contributed by atoms with van der Waals surface area (Å²) in [5, 5.41) is 11.5. The zero-order valence-corrected chi connectivity index (χ0v) is 20.9. The average molecular weight is 539 g/mol. The molecule has 8 heteroatoms. The van der Waals surface area contributed by atoms with Gasteiger partial charge in [0.25, 0.3) is 0 Å². The number of aliphatic imine (C=N–C) groups is 1. The van der Waals surface area contributed by atoms with Crippen molar-refractivity contribution in [2.45, 2.75) is 26.8 Å². The fourth-order valence-electron chi connectivity index (χ4n) is 3.09. The molecule has 0 saturated heterocycles. The van der Waals surface area contributed by atoms with E-state index in [0.717, 1.165) is 59.6 Å². The van der Waals surface area contributed by atoms with Crippen LogP contribution in [0.15, 0.2) is 58.1 Å². The third-order valence-electron chi connectivity index (χ3n) is 4.48. The molecule has 0 unspecified atom stereocenters. The standard InChI is InChI=1S/C22H29N5OS.HI/c1-17-15-18(2)27(26-17)21-9-5-4-7-19(21)16-25-22(24-12-14-29-3)23-11-10-20-8-6-13-28-20;/h4-9,13,15H,10-12,14,16H2,1-3H3,(H2,23,24,25);1H. The van der Waals surface area contributed by atoms with Crippen molar-refractivity contribution in [2.24, 2.45) is 4.99 Å². The molecule has 2 aromatic heterocycles. The van der Waals surface area contributed by atoms with E-state index in [0.29, 0.717) is 6.54 Å². The average Bonchev–Trinajstić information content (AvgIpc) is 3.35. The summed E-state index contributed by atoms with van der Waals surface area (Å²) in [5.41, 5.74) is 4.34. The number of rotatable bonds is 9. The zero-order chi connectivity index (χ0) is 20.5. The predicted octanol–water partition coefficient (Wildman–Crippen LogP) is 4.34. The van der Waals surface area contributed by atoms with Crippen molar-refractivity contribution in [3.05, 3.63) is 71.4 Å². The highest BCUT2D eigenvalue weighted by Crippen LogP contribution is 2.17. The van der Waals surface area contributed by atoms with Gasteiger partial charge in [-0.15, -0.1) is 24.0 Å². The van der Waals surface area contributed by atoms with Gasteiger partial charge in [0.1, 0.15) is 5.76 Å². The summed E-state index contributed by atoms with van der Waals surface area (Å²) >= 11 is 1.81. The topological polar surface area (TPSA) is 67.4 Å². The molecule has 0 bridgehead atoms. The first-order valence-corrected chi connectivity index (χ1v) is 11.2. The lowest BCUT2D eigenvalue weighted by atomic mass is 10.2. The molecular weight excluding hydrogens is 509 g/mol. The van der Waals surface area contributed by atoms with Crippen LogP contribution in [0.4, 0.5) is 0 Å². The molecule has 3 aromatic rings. The molecule has 2 N–H and O–H groups in total. The zero-order valence-electron chi connectivity index (χ0n) is 17.7. The number of hydrogen-bond donors (Lipinski definition) is 2. The van der Waals surface area contributed by atoms with Crippen LogP contribution in [-0.4, -0.2) is 40.8 Å². The molecule has 0 radical (unpaired) electrons. The Labute approximate surface area is 199 Å². The van der Waals surface area contributed by atoms with Crippen LogP contribution in [0.2, 0.25) is 0 Å². The number of guanidine groups is 1. The summed E-state index contributed by atoms with van der Waals surface area (Å²) in [7, 11) is 0. The molecule has 0 aliphatic heterocycles. The van der Waals surface area contributed by atoms with Crippen molar-refractivity contribution in [1.82, 2.24) is 20.4 Å². The molecule has 30 heavy (non-hydrogen) atoms. The van der Waals surface area contributed by atoms with Gasteiger partial charge in [-0.25, -0.2) is 9.67 Å². The van der Waals surface area contributed by atoms with Gasteiger partial charge < -0.3 is 15.1 Å². The van der Waals surface area contributed by atoms with Gasteiger partial charge in [-0.05, 0) is 49.9 Å². The summed E-state index contributed by atoms with van der Waals surface area (Å²) in [6.07, 6.45) is 4.63. The van der Waals surface area contributed by atoms with Crippen LogP contribution in [0.5, 0.6) is 0 Å². The van der Waals surface area contributed by atoms with Crippen LogP contribution in [0.25, 0.3) is 5.69 Å². The van der Waals surface area contributed by atoms with E-state index in [1.54, 1.807) is 6.26 Å². The molecular formula is C22H30IN5OS. The Balaban J connectivity index is 0.00000320. The van der Waals surface area contributed by atoms with Crippen molar-refractivity contribution < 1.29 is 4.42 Å². The van der Waals surface area contributed by atoms with Gasteiger partial charge in [0, 0.05) is 31.0 Å². The number of aromatic nitrogens is 2. The number of nitrogens with zero attached hydrogens (tertiary/aromatic N) is 3. The lowest BCUT2D eigenvalue weighted by Crippen LogP contribution is -2.39. The quantitative estimate of drug-likeness (QED) is 0.183. The first-order chi connectivity index (χ1) is 14.2. The number of halogens is 1. The van der Waals surface area contributed by atoms with Gasteiger partial charge in [0.15, 0.2) is 5.96 Å². The van der Waals surface area contributed by atoms with Crippen LogP contribution >= 0.6 is 35.7 Å². The first-order valence-electron chi connectivity index (χ1n) is 9.82. The van der Waals surface area contributed by atoms with Crippen LogP contribution in [-0.2, 0) is 13.0 Å². The van der Waals surface area contributed by atoms with Gasteiger partial charge in [0.2, 0.25) is 0 Å². The molecule has 0 fully saturated rings. The number of nitrogens with one attached hydrogen (secondary N) is 2. The summed E-state index contributed by atoms with van der Waals surface area (Å²) in [6, 6.07) is 14.3. The minimum Gasteiger partial charge on any atom is -0.469 e. The van der Waals surface area contributed by atoms with Crippen molar-refractivity contribution >= 4 is 41.7 Å². The largest absolute Gasteiger partial charge is 0.469 e. The second-order valence-electron chi connectivity index (χ2n) is 6.81. The Bertz CT molecular complexity index is 924. The van der Waals surface area contributed by atoms with Crippen LogP contribution in [0.3, 0.4) is 0 Å². The molecule has 0 amide bonds. The molecule has 2 heterocycles. The fraction of sp³-hybridized carbons (Fsp3) is 0.364. The smallest absolute Gasteiger partial charge is 0.191 e. The van der Waals surface area contributed by atoms with Crippen molar-refractivity contribution in [3.63, 3.8) is 0 Å². The molecule has 162 valence electrons. The minimum absolute atomic E-state index is 0. The Morgan fingerprint density at radius 3 is 2.63 bits per heavy atom. The van der Waals surface area contributed by atoms with E-state index in [4.69, 9.17) is 9.41 Å². The molecule has 0 aliphatic rings. The van der Waals surface area contributed by atoms with Crippen LogP contribution in [0.1, 0.15) is 22.7 Å². The third kappa shape index (κ3) is 7.09. The monoisotopic (exact) mass is 539 g/mol. The maximum Gasteiger partial charge on any atom is 0.191 e. The van der Waals surface area contributed by atoms with Gasteiger partial charge in [-0.3, -0.25) is 0 Å².